The minimum atomic E-state index is -0.186. The second-order valence-corrected chi connectivity index (χ2v) is 6.01. The molecule has 1 fully saturated rings. The molecule has 120 valence electrons. The van der Waals surface area contributed by atoms with Crippen LogP contribution >= 0.6 is 12.2 Å². The van der Waals surface area contributed by atoms with E-state index in [1.165, 1.54) is 19.3 Å². The molecule has 1 aromatic rings. The van der Waals surface area contributed by atoms with E-state index in [0.29, 0.717) is 29.1 Å². The monoisotopic (exact) mass is 320 g/mol. The van der Waals surface area contributed by atoms with Gasteiger partial charge in [0.05, 0.1) is 6.61 Å². The van der Waals surface area contributed by atoms with Crippen LogP contribution in [0.5, 0.6) is 5.75 Å². The Balaban J connectivity index is 1.95. The van der Waals surface area contributed by atoms with E-state index < -0.39 is 0 Å². The van der Waals surface area contributed by atoms with Gasteiger partial charge in [0.15, 0.2) is 5.11 Å². The first kappa shape index (κ1) is 16.7. The fraction of sp³-hybridized carbons (Fsp3) is 0.529. The first-order valence-corrected chi connectivity index (χ1v) is 8.33. The number of carbonyl (C=O) groups excluding carboxylic acids is 1. The summed E-state index contributed by atoms with van der Waals surface area (Å²) in [6.07, 6.45) is 6.07. The zero-order valence-corrected chi connectivity index (χ0v) is 14.1. The van der Waals surface area contributed by atoms with Crippen molar-refractivity contribution in [1.29, 1.82) is 0 Å². The average Bonchev–Trinajstić information content (AvgIpc) is 2.55. The third-order valence-electron chi connectivity index (χ3n) is 4.07. The van der Waals surface area contributed by atoms with Crippen LogP contribution in [-0.4, -0.2) is 35.6 Å². The molecule has 2 rings (SSSR count). The van der Waals surface area contributed by atoms with Crippen molar-refractivity contribution in [3.63, 3.8) is 0 Å². The standard InChI is InChI=1S/C17H24N2O2S/c1-3-21-15-11-7-8-13(12-15)16(20)18-17(22)19(2)14-9-5-4-6-10-14/h7-8,11-12,14H,3-6,9-10H2,1-2H3,(H,18,20,22). The number of carbonyl (C=O) groups is 1. The second kappa shape index (κ2) is 8.13. The van der Waals surface area contributed by atoms with Gasteiger partial charge in [-0.2, -0.15) is 0 Å². The summed E-state index contributed by atoms with van der Waals surface area (Å²) in [6.45, 7) is 2.49. The Labute approximate surface area is 137 Å². The maximum atomic E-state index is 12.3. The molecule has 1 aliphatic rings. The van der Waals surface area contributed by atoms with Crippen molar-refractivity contribution in [1.82, 2.24) is 10.2 Å². The van der Waals surface area contributed by atoms with Gasteiger partial charge in [-0.25, -0.2) is 0 Å². The molecular weight excluding hydrogens is 296 g/mol. The molecule has 5 heteroatoms. The van der Waals surface area contributed by atoms with Crippen LogP contribution in [0.4, 0.5) is 0 Å². The highest BCUT2D eigenvalue weighted by Gasteiger charge is 2.21. The lowest BCUT2D eigenvalue weighted by Gasteiger charge is -2.32. The smallest absolute Gasteiger partial charge is 0.257 e. The van der Waals surface area contributed by atoms with E-state index in [-0.39, 0.29) is 5.91 Å². The van der Waals surface area contributed by atoms with Crippen LogP contribution in [0.25, 0.3) is 0 Å². The fourth-order valence-corrected chi connectivity index (χ4v) is 3.03. The molecule has 0 heterocycles. The van der Waals surface area contributed by atoms with Gasteiger partial charge in [-0.15, -0.1) is 0 Å². The number of amides is 1. The number of benzene rings is 1. The zero-order valence-electron chi connectivity index (χ0n) is 13.3. The summed E-state index contributed by atoms with van der Waals surface area (Å²) < 4.78 is 5.42. The van der Waals surface area contributed by atoms with Gasteiger partial charge in [-0.05, 0) is 50.2 Å². The molecule has 0 spiro atoms. The molecular formula is C17H24N2O2S. The van der Waals surface area contributed by atoms with Crippen molar-refractivity contribution in [3.8, 4) is 5.75 Å². The number of rotatable bonds is 4. The van der Waals surface area contributed by atoms with Gasteiger partial charge < -0.3 is 9.64 Å². The summed E-state index contributed by atoms with van der Waals surface area (Å²) >= 11 is 5.38. The first-order chi connectivity index (χ1) is 10.6. The third-order valence-corrected chi connectivity index (χ3v) is 4.46. The van der Waals surface area contributed by atoms with Crippen molar-refractivity contribution in [3.05, 3.63) is 29.8 Å². The molecule has 1 saturated carbocycles. The maximum absolute atomic E-state index is 12.3. The van der Waals surface area contributed by atoms with Gasteiger partial charge in [-0.3, -0.25) is 10.1 Å². The lowest BCUT2D eigenvalue weighted by Crippen LogP contribution is -2.46. The summed E-state index contributed by atoms with van der Waals surface area (Å²) in [5, 5.41) is 3.32. The first-order valence-electron chi connectivity index (χ1n) is 7.93. The van der Waals surface area contributed by atoms with Gasteiger partial charge in [-0.1, -0.05) is 25.3 Å². The van der Waals surface area contributed by atoms with Crippen LogP contribution < -0.4 is 10.1 Å². The molecule has 0 saturated heterocycles. The van der Waals surface area contributed by atoms with Crippen LogP contribution in [0.15, 0.2) is 24.3 Å². The number of hydrogen-bond donors (Lipinski definition) is 1. The lowest BCUT2D eigenvalue weighted by atomic mass is 9.95. The Hall–Kier alpha value is -1.62. The second-order valence-electron chi connectivity index (χ2n) is 5.62. The summed E-state index contributed by atoms with van der Waals surface area (Å²) in [7, 11) is 1.97. The van der Waals surface area contributed by atoms with Crippen LogP contribution in [-0.2, 0) is 0 Å². The summed E-state index contributed by atoms with van der Waals surface area (Å²) in [4.78, 5) is 14.3. The highest BCUT2D eigenvalue weighted by molar-refractivity contribution is 7.80. The number of nitrogens with zero attached hydrogens (tertiary/aromatic N) is 1. The molecule has 0 aromatic heterocycles. The van der Waals surface area contributed by atoms with Crippen LogP contribution in [0.3, 0.4) is 0 Å². The van der Waals surface area contributed by atoms with Crippen LogP contribution in [0.2, 0.25) is 0 Å². The predicted molar refractivity (Wildman–Crippen MR) is 92.3 cm³/mol. The molecule has 1 aromatic carbocycles. The molecule has 0 unspecified atom stereocenters. The van der Waals surface area contributed by atoms with Crippen molar-refractivity contribution >= 4 is 23.2 Å². The van der Waals surface area contributed by atoms with Gasteiger partial charge in [0.2, 0.25) is 0 Å². The molecule has 0 radical (unpaired) electrons. The number of ether oxygens (including phenoxy) is 1. The van der Waals surface area contributed by atoms with Gasteiger partial charge >= 0.3 is 0 Å². The Bertz CT molecular complexity index is 527. The fourth-order valence-electron chi connectivity index (χ4n) is 2.79. The normalized spacial score (nSPS) is 15.2. The largest absolute Gasteiger partial charge is 0.494 e. The van der Waals surface area contributed by atoms with E-state index in [4.69, 9.17) is 17.0 Å². The Morgan fingerprint density at radius 2 is 2.09 bits per heavy atom. The number of hydrogen-bond acceptors (Lipinski definition) is 3. The van der Waals surface area contributed by atoms with E-state index in [1.54, 1.807) is 12.1 Å². The predicted octanol–water partition coefficient (Wildman–Crippen LogP) is 3.36. The van der Waals surface area contributed by atoms with Crippen molar-refractivity contribution in [2.75, 3.05) is 13.7 Å². The number of thiocarbonyl (C=S) groups is 1. The molecule has 0 bridgehead atoms. The molecule has 1 N–H and O–H groups in total. The maximum Gasteiger partial charge on any atom is 0.257 e. The molecule has 1 amide bonds. The quantitative estimate of drug-likeness (QED) is 0.864. The van der Waals surface area contributed by atoms with Gasteiger partial charge in [0.1, 0.15) is 5.75 Å². The van der Waals surface area contributed by atoms with E-state index in [0.717, 1.165) is 12.8 Å². The molecule has 1 aliphatic carbocycles. The summed E-state index contributed by atoms with van der Waals surface area (Å²) in [6, 6.07) is 7.60. The van der Waals surface area contributed by atoms with Crippen molar-refractivity contribution in [2.24, 2.45) is 0 Å². The zero-order chi connectivity index (χ0) is 15.9. The topological polar surface area (TPSA) is 41.6 Å². The van der Waals surface area contributed by atoms with E-state index in [1.807, 2.05) is 31.0 Å². The van der Waals surface area contributed by atoms with Crippen molar-refractivity contribution < 1.29 is 9.53 Å². The van der Waals surface area contributed by atoms with Gasteiger partial charge in [0.25, 0.3) is 5.91 Å². The third kappa shape index (κ3) is 4.44. The highest BCUT2D eigenvalue weighted by Crippen LogP contribution is 2.21. The summed E-state index contributed by atoms with van der Waals surface area (Å²) in [5.74, 6) is 0.510. The number of nitrogens with one attached hydrogen (secondary N) is 1. The highest BCUT2D eigenvalue weighted by atomic mass is 32.1. The molecule has 0 aliphatic heterocycles. The SMILES string of the molecule is CCOc1cccc(C(=O)NC(=S)N(C)C2CCCCC2)c1. The van der Waals surface area contributed by atoms with Crippen LogP contribution in [0.1, 0.15) is 49.4 Å². The minimum absolute atomic E-state index is 0.186. The molecule has 0 atom stereocenters. The molecule has 22 heavy (non-hydrogen) atoms. The lowest BCUT2D eigenvalue weighted by molar-refractivity contribution is 0.0971. The summed E-state index contributed by atoms with van der Waals surface area (Å²) in [5.41, 5.74) is 0.561. The van der Waals surface area contributed by atoms with Gasteiger partial charge in [0, 0.05) is 18.7 Å². The van der Waals surface area contributed by atoms with Crippen molar-refractivity contribution in [2.45, 2.75) is 45.1 Å². The average molecular weight is 320 g/mol. The van der Waals surface area contributed by atoms with E-state index in [9.17, 15) is 4.79 Å². The van der Waals surface area contributed by atoms with E-state index in [2.05, 4.69) is 5.32 Å². The Morgan fingerprint density at radius 1 is 1.36 bits per heavy atom. The molecule has 4 nitrogen and oxygen atoms in total. The Morgan fingerprint density at radius 3 is 2.77 bits per heavy atom. The van der Waals surface area contributed by atoms with E-state index >= 15 is 0 Å². The minimum Gasteiger partial charge on any atom is -0.494 e. The Kier molecular flexibility index (Phi) is 6.19. The van der Waals surface area contributed by atoms with Crippen LogP contribution in [0, 0.1) is 0 Å².